The summed E-state index contributed by atoms with van der Waals surface area (Å²) in [7, 11) is 0. The van der Waals surface area contributed by atoms with Crippen LogP contribution in [0.5, 0.6) is 0 Å². The van der Waals surface area contributed by atoms with Crippen LogP contribution in [0.25, 0.3) is 5.57 Å². The Morgan fingerprint density at radius 3 is 2.70 bits per heavy atom. The number of esters is 1. The molecule has 196 valence electrons. The predicted octanol–water partition coefficient (Wildman–Crippen LogP) is 4.96. The number of rotatable bonds is 6. The van der Waals surface area contributed by atoms with Gasteiger partial charge in [-0.05, 0) is 46.9 Å². The van der Waals surface area contributed by atoms with Crippen LogP contribution in [0.4, 0.5) is 4.79 Å². The van der Waals surface area contributed by atoms with Crippen LogP contribution in [0.15, 0.2) is 48.4 Å². The highest BCUT2D eigenvalue weighted by Crippen LogP contribution is 2.89. The smallest absolute Gasteiger partial charge is 0.407 e. The maximum absolute atomic E-state index is 13.4. The summed E-state index contributed by atoms with van der Waals surface area (Å²) < 4.78 is 17.9. The number of benzene rings is 1. The summed E-state index contributed by atoms with van der Waals surface area (Å²) in [6, 6.07) is 10.9. The fourth-order valence-corrected chi connectivity index (χ4v) is 8.78. The summed E-state index contributed by atoms with van der Waals surface area (Å²) in [5.41, 5.74) is 1.79. The van der Waals surface area contributed by atoms with Crippen molar-refractivity contribution in [3.63, 3.8) is 0 Å². The van der Waals surface area contributed by atoms with Crippen LogP contribution in [0.1, 0.15) is 62.6 Å². The van der Waals surface area contributed by atoms with Crippen molar-refractivity contribution in [3.8, 4) is 0 Å². The van der Waals surface area contributed by atoms with Gasteiger partial charge in [-0.25, -0.2) is 9.59 Å². The maximum Gasteiger partial charge on any atom is 0.407 e. The summed E-state index contributed by atoms with van der Waals surface area (Å²) in [6.07, 6.45) is -1.41. The van der Waals surface area contributed by atoms with Crippen LogP contribution in [0.2, 0.25) is 0 Å². The summed E-state index contributed by atoms with van der Waals surface area (Å²) in [4.78, 5) is 26.2. The fraction of sp³-hybridized carbons (Fsp3) is 0.517. The van der Waals surface area contributed by atoms with Gasteiger partial charge in [-0.2, -0.15) is 0 Å². The third-order valence-corrected chi connectivity index (χ3v) is 10.9. The van der Waals surface area contributed by atoms with E-state index >= 15 is 0 Å². The highest BCUT2D eigenvalue weighted by Gasteiger charge is 2.95. The number of hydrogen-bond donors (Lipinski definition) is 2. The standard InChI is InChI=1S/C29H33NO6S/c1-6-34-25(33)30-22(19-12-9-13-37-19)23(31)24(32)35-21-14-20-26(3,4)27(21,5)28-15-16(2)17-10-7-8-11-18(17)29(20,28)36-28/h7-13,20-23,31H,2,6,14-15H2,1,3-5H3,(H,30,33)/t20?,21?,22-,23+,27?,28-,29+/m0/s1. The summed E-state index contributed by atoms with van der Waals surface area (Å²) in [5.74, 6) is -0.623. The van der Waals surface area contributed by atoms with Crippen LogP contribution < -0.4 is 5.32 Å². The van der Waals surface area contributed by atoms with Gasteiger partial charge in [0, 0.05) is 22.6 Å². The molecule has 2 N–H and O–H groups in total. The van der Waals surface area contributed by atoms with E-state index in [1.807, 2.05) is 11.4 Å². The molecule has 2 heterocycles. The van der Waals surface area contributed by atoms with E-state index in [9.17, 15) is 14.7 Å². The first kappa shape index (κ1) is 24.6. The van der Waals surface area contributed by atoms with E-state index in [1.54, 1.807) is 19.1 Å². The SMILES string of the molecule is C=C1C[C@@]23O[C@]2(c2ccccc21)C1CC(OC(=O)[C@H](O)[C@@H](NC(=O)OCC)c2cccs2)C3(C)C1(C)C. The van der Waals surface area contributed by atoms with Gasteiger partial charge in [-0.3, -0.25) is 0 Å². The molecule has 2 bridgehead atoms. The molecule has 8 heteroatoms. The number of amides is 1. The lowest BCUT2D eigenvalue weighted by molar-refractivity contribution is -0.172. The van der Waals surface area contributed by atoms with Crippen molar-refractivity contribution in [2.75, 3.05) is 6.61 Å². The number of ether oxygens (including phenoxy) is 3. The molecular formula is C29H33NO6S. The minimum absolute atomic E-state index is 0.139. The summed E-state index contributed by atoms with van der Waals surface area (Å²) in [5, 5.41) is 15.6. The van der Waals surface area contributed by atoms with E-state index in [0.29, 0.717) is 17.7 Å². The molecule has 3 unspecified atom stereocenters. The van der Waals surface area contributed by atoms with Gasteiger partial charge < -0.3 is 24.6 Å². The Morgan fingerprint density at radius 1 is 1.24 bits per heavy atom. The molecule has 3 fully saturated rings. The zero-order chi connectivity index (χ0) is 26.4. The number of hydrogen-bond acceptors (Lipinski definition) is 7. The number of nitrogens with one attached hydrogen (secondary N) is 1. The van der Waals surface area contributed by atoms with Crippen molar-refractivity contribution in [2.45, 2.75) is 70.0 Å². The second kappa shape index (κ2) is 7.91. The molecule has 37 heavy (non-hydrogen) atoms. The molecular weight excluding hydrogens is 490 g/mol. The minimum Gasteiger partial charge on any atom is -0.460 e. The van der Waals surface area contributed by atoms with Crippen LogP contribution in [0, 0.1) is 16.7 Å². The Labute approximate surface area is 220 Å². The van der Waals surface area contributed by atoms with Gasteiger partial charge in [-0.15, -0.1) is 11.3 Å². The average Bonchev–Trinajstić information content (AvgIpc) is 3.13. The average molecular weight is 524 g/mol. The van der Waals surface area contributed by atoms with Gasteiger partial charge in [0.15, 0.2) is 6.10 Å². The van der Waals surface area contributed by atoms with Crippen LogP contribution in [-0.4, -0.2) is 41.6 Å². The lowest BCUT2D eigenvalue weighted by Crippen LogP contribution is -2.53. The molecule has 2 aromatic rings. The zero-order valence-electron chi connectivity index (χ0n) is 21.6. The molecule has 1 amide bonds. The number of aliphatic hydroxyl groups excluding tert-OH is 1. The first-order chi connectivity index (χ1) is 17.5. The molecule has 3 aliphatic carbocycles. The van der Waals surface area contributed by atoms with Gasteiger partial charge >= 0.3 is 12.1 Å². The van der Waals surface area contributed by atoms with Gasteiger partial charge in [0.1, 0.15) is 23.3 Å². The lowest BCUT2D eigenvalue weighted by atomic mass is 9.59. The number of carbonyl (C=O) groups is 2. The fourth-order valence-electron chi connectivity index (χ4n) is 7.98. The third kappa shape index (κ3) is 2.89. The molecule has 7 atom stereocenters. The summed E-state index contributed by atoms with van der Waals surface area (Å²) in [6.45, 7) is 12.9. The molecule has 4 aliphatic rings. The van der Waals surface area contributed by atoms with Crippen molar-refractivity contribution in [1.29, 1.82) is 0 Å². The first-order valence-corrected chi connectivity index (χ1v) is 13.8. The van der Waals surface area contributed by atoms with Crippen molar-refractivity contribution >= 4 is 29.0 Å². The summed E-state index contributed by atoms with van der Waals surface area (Å²) >= 11 is 1.34. The van der Waals surface area contributed by atoms with Gasteiger partial charge in [-0.1, -0.05) is 57.7 Å². The quantitative estimate of drug-likeness (QED) is 0.411. The molecule has 7 nitrogen and oxygen atoms in total. The van der Waals surface area contributed by atoms with Gasteiger partial charge in [0.2, 0.25) is 0 Å². The van der Waals surface area contributed by atoms with E-state index in [4.69, 9.17) is 14.2 Å². The number of fused-ring (bicyclic) bond motifs is 3. The number of thiophene rings is 1. The molecule has 1 aromatic carbocycles. The molecule has 0 spiro atoms. The second-order valence-electron chi connectivity index (χ2n) is 11.4. The van der Waals surface area contributed by atoms with Crippen LogP contribution in [0.3, 0.4) is 0 Å². The minimum atomic E-state index is -1.58. The van der Waals surface area contributed by atoms with Gasteiger partial charge in [0.05, 0.1) is 6.61 Å². The third-order valence-electron chi connectivity index (χ3n) is 9.91. The normalized spacial score (nSPS) is 35.5. The van der Waals surface area contributed by atoms with Crippen molar-refractivity contribution < 1.29 is 28.9 Å². The van der Waals surface area contributed by atoms with E-state index in [1.165, 1.54) is 16.9 Å². The number of carbonyl (C=O) groups excluding carboxylic acids is 2. The molecule has 2 saturated carbocycles. The molecule has 1 saturated heterocycles. The predicted molar refractivity (Wildman–Crippen MR) is 139 cm³/mol. The van der Waals surface area contributed by atoms with Crippen LogP contribution >= 0.6 is 11.3 Å². The highest BCUT2D eigenvalue weighted by molar-refractivity contribution is 7.10. The number of epoxide rings is 1. The Kier molecular flexibility index (Phi) is 5.27. The highest BCUT2D eigenvalue weighted by atomic mass is 32.1. The zero-order valence-corrected chi connectivity index (χ0v) is 22.4. The van der Waals surface area contributed by atoms with Crippen molar-refractivity contribution in [2.24, 2.45) is 16.7 Å². The topological polar surface area (TPSA) is 97.4 Å². The van der Waals surface area contributed by atoms with E-state index in [2.05, 4.69) is 50.9 Å². The Hall–Kier alpha value is -2.68. The Morgan fingerprint density at radius 2 is 2.00 bits per heavy atom. The van der Waals surface area contributed by atoms with Crippen LogP contribution in [-0.2, 0) is 24.6 Å². The van der Waals surface area contributed by atoms with Crippen molar-refractivity contribution in [3.05, 3.63) is 64.4 Å². The maximum atomic E-state index is 13.4. The van der Waals surface area contributed by atoms with E-state index < -0.39 is 46.9 Å². The number of alkyl carbamates (subject to hydrolysis) is 1. The first-order valence-electron chi connectivity index (χ1n) is 12.9. The van der Waals surface area contributed by atoms with Crippen molar-refractivity contribution in [1.82, 2.24) is 5.32 Å². The molecule has 1 aliphatic heterocycles. The van der Waals surface area contributed by atoms with E-state index in [-0.39, 0.29) is 17.9 Å². The lowest BCUT2D eigenvalue weighted by Gasteiger charge is -2.45. The molecule has 1 aromatic heterocycles. The Bertz CT molecular complexity index is 1290. The van der Waals surface area contributed by atoms with Gasteiger partial charge in [0.25, 0.3) is 0 Å². The second-order valence-corrected chi connectivity index (χ2v) is 12.4. The largest absolute Gasteiger partial charge is 0.460 e. The molecule has 0 radical (unpaired) electrons. The van der Waals surface area contributed by atoms with E-state index in [0.717, 1.165) is 11.1 Å². The number of aliphatic hydroxyl groups is 1. The Balaban J connectivity index is 1.29. The molecule has 6 rings (SSSR count). The monoisotopic (exact) mass is 523 g/mol.